The monoisotopic (exact) mass is 560 g/mol. The molecule has 1 aliphatic rings. The highest BCUT2D eigenvalue weighted by Crippen LogP contribution is 2.35. The number of aryl methyl sites for hydroxylation is 1. The van der Waals surface area contributed by atoms with E-state index < -0.39 is 11.3 Å². The lowest BCUT2D eigenvalue weighted by Gasteiger charge is -2.45. The van der Waals surface area contributed by atoms with Crippen LogP contribution >= 0.6 is 23.2 Å². The molecule has 0 bridgehead atoms. The summed E-state index contributed by atoms with van der Waals surface area (Å²) in [6.45, 7) is 16.3. The number of hydrogen-bond acceptors (Lipinski definition) is 7. The molecule has 204 valence electrons. The topological polar surface area (TPSA) is 93.5 Å². The number of rotatable bonds is 3. The van der Waals surface area contributed by atoms with Gasteiger partial charge in [-0.15, -0.1) is 0 Å². The SMILES string of the molecule is Cc1ccnc(C(C)C)c1-n1c(=O)nc(N2[C@@H](C)CN(C(=O)OC(C)(C)C)C[C@@H]2C)c2cc(Cl)c(Cl)nc21. The smallest absolute Gasteiger partial charge is 0.410 e. The van der Waals surface area contributed by atoms with Crippen LogP contribution in [0.4, 0.5) is 10.6 Å². The van der Waals surface area contributed by atoms with Crippen molar-refractivity contribution in [1.29, 1.82) is 0 Å². The van der Waals surface area contributed by atoms with Crippen molar-refractivity contribution in [1.82, 2.24) is 24.4 Å². The van der Waals surface area contributed by atoms with Crippen LogP contribution in [-0.4, -0.2) is 61.3 Å². The number of ether oxygens (including phenoxy) is 1. The second-order valence-electron chi connectivity index (χ2n) is 11.2. The summed E-state index contributed by atoms with van der Waals surface area (Å²) in [4.78, 5) is 44.0. The fourth-order valence-electron chi connectivity index (χ4n) is 4.98. The summed E-state index contributed by atoms with van der Waals surface area (Å²) in [6, 6.07) is 3.21. The van der Waals surface area contributed by atoms with E-state index in [-0.39, 0.29) is 34.3 Å². The highest BCUT2D eigenvalue weighted by atomic mass is 35.5. The molecule has 4 rings (SSSR count). The Morgan fingerprint density at radius 2 is 1.76 bits per heavy atom. The molecule has 3 aromatic heterocycles. The molecule has 2 atom stereocenters. The largest absolute Gasteiger partial charge is 0.444 e. The number of amides is 1. The van der Waals surface area contributed by atoms with E-state index in [1.807, 2.05) is 66.4 Å². The molecule has 11 heteroatoms. The van der Waals surface area contributed by atoms with E-state index in [9.17, 15) is 9.59 Å². The van der Waals surface area contributed by atoms with E-state index in [0.717, 1.165) is 11.3 Å². The summed E-state index contributed by atoms with van der Waals surface area (Å²) in [5.41, 5.74) is 1.51. The van der Waals surface area contributed by atoms with Crippen LogP contribution in [-0.2, 0) is 4.74 Å². The highest BCUT2D eigenvalue weighted by Gasteiger charge is 2.36. The molecule has 4 heterocycles. The van der Waals surface area contributed by atoms with Gasteiger partial charge in [-0.3, -0.25) is 4.98 Å². The Hall–Kier alpha value is -2.91. The molecule has 3 aromatic rings. The molecule has 0 radical (unpaired) electrons. The zero-order valence-corrected chi connectivity index (χ0v) is 24.6. The summed E-state index contributed by atoms with van der Waals surface area (Å²) < 4.78 is 7.07. The molecule has 0 N–H and O–H groups in total. The van der Waals surface area contributed by atoms with Crippen LogP contribution in [0.5, 0.6) is 0 Å². The molecule has 9 nitrogen and oxygen atoms in total. The number of piperazine rings is 1. The molecule has 0 aromatic carbocycles. The first-order chi connectivity index (χ1) is 17.7. The summed E-state index contributed by atoms with van der Waals surface area (Å²) in [6.07, 6.45) is 1.36. The van der Waals surface area contributed by atoms with Crippen molar-refractivity contribution in [3.05, 3.63) is 50.2 Å². The van der Waals surface area contributed by atoms with Crippen molar-refractivity contribution in [3.8, 4) is 5.69 Å². The average Bonchev–Trinajstić information content (AvgIpc) is 2.79. The van der Waals surface area contributed by atoms with Crippen LogP contribution in [0.25, 0.3) is 16.7 Å². The molecule has 0 unspecified atom stereocenters. The van der Waals surface area contributed by atoms with Gasteiger partial charge in [0, 0.05) is 31.4 Å². The zero-order valence-electron chi connectivity index (χ0n) is 23.0. The van der Waals surface area contributed by atoms with Crippen LogP contribution in [0.15, 0.2) is 23.1 Å². The first-order valence-corrected chi connectivity index (χ1v) is 13.5. The van der Waals surface area contributed by atoms with E-state index in [4.69, 9.17) is 27.9 Å². The van der Waals surface area contributed by atoms with Crippen molar-refractivity contribution >= 4 is 46.1 Å². The standard InChI is InChI=1S/C27H34Cl2N6O3/c1-14(2)20-21(15(3)9-10-30-20)35-23-18(11-19(28)22(29)31-23)24(32-25(35)36)34-16(4)12-33(13-17(34)5)26(37)38-27(6,7)8/h9-11,14,16-17H,12-13H2,1-8H3/t16-,17-/m0/s1. The first kappa shape index (κ1) is 28.1. The van der Waals surface area contributed by atoms with Gasteiger partial charge in [-0.05, 0) is 65.2 Å². The number of anilines is 1. The summed E-state index contributed by atoms with van der Waals surface area (Å²) in [5, 5.41) is 0.932. The fourth-order valence-corrected chi connectivity index (χ4v) is 5.27. The Morgan fingerprint density at radius 1 is 1.13 bits per heavy atom. The van der Waals surface area contributed by atoms with Gasteiger partial charge in [0.25, 0.3) is 0 Å². The summed E-state index contributed by atoms with van der Waals surface area (Å²) in [7, 11) is 0. The Labute approximate surface area is 232 Å². The summed E-state index contributed by atoms with van der Waals surface area (Å²) in [5.74, 6) is 0.499. The van der Waals surface area contributed by atoms with Gasteiger partial charge in [0.2, 0.25) is 0 Å². The van der Waals surface area contributed by atoms with Gasteiger partial charge in [-0.25, -0.2) is 19.1 Å². The first-order valence-electron chi connectivity index (χ1n) is 12.7. The predicted molar refractivity (Wildman–Crippen MR) is 151 cm³/mol. The van der Waals surface area contributed by atoms with E-state index in [2.05, 4.69) is 15.0 Å². The van der Waals surface area contributed by atoms with Crippen molar-refractivity contribution in [2.24, 2.45) is 0 Å². The molecule has 0 spiro atoms. The number of hydrogen-bond donors (Lipinski definition) is 0. The van der Waals surface area contributed by atoms with E-state index in [1.165, 1.54) is 4.57 Å². The Kier molecular flexibility index (Phi) is 7.65. The maximum atomic E-state index is 13.8. The van der Waals surface area contributed by atoms with Gasteiger partial charge in [-0.1, -0.05) is 37.0 Å². The minimum absolute atomic E-state index is 0.0512. The third-order valence-electron chi connectivity index (χ3n) is 6.50. The molecular weight excluding hydrogens is 527 g/mol. The number of aromatic nitrogens is 4. The molecule has 0 saturated carbocycles. The van der Waals surface area contributed by atoms with E-state index in [1.54, 1.807) is 17.2 Å². The molecule has 38 heavy (non-hydrogen) atoms. The number of carbonyl (C=O) groups excluding carboxylic acids is 1. The maximum absolute atomic E-state index is 13.8. The van der Waals surface area contributed by atoms with Gasteiger partial charge in [0.05, 0.1) is 21.8 Å². The number of carbonyl (C=O) groups is 1. The number of pyridine rings is 2. The van der Waals surface area contributed by atoms with Gasteiger partial charge in [0.15, 0.2) is 5.65 Å². The van der Waals surface area contributed by atoms with Crippen LogP contribution in [0, 0.1) is 6.92 Å². The maximum Gasteiger partial charge on any atom is 0.410 e. The molecular formula is C27H34Cl2N6O3. The van der Waals surface area contributed by atoms with Crippen molar-refractivity contribution in [2.75, 3.05) is 18.0 Å². The minimum Gasteiger partial charge on any atom is -0.444 e. The Bertz CT molecular complexity index is 1440. The lowest BCUT2D eigenvalue weighted by molar-refractivity contribution is 0.0192. The fraction of sp³-hybridized carbons (Fsp3) is 0.519. The van der Waals surface area contributed by atoms with Gasteiger partial charge >= 0.3 is 11.8 Å². The number of halogens is 2. The van der Waals surface area contributed by atoms with Crippen LogP contribution in [0.2, 0.25) is 10.2 Å². The Balaban J connectivity index is 1.89. The zero-order chi connectivity index (χ0) is 28.1. The Morgan fingerprint density at radius 3 is 2.34 bits per heavy atom. The normalized spacial score (nSPS) is 18.4. The van der Waals surface area contributed by atoms with E-state index in [0.29, 0.717) is 35.6 Å². The highest BCUT2D eigenvalue weighted by molar-refractivity contribution is 6.41. The predicted octanol–water partition coefficient (Wildman–Crippen LogP) is 5.75. The van der Waals surface area contributed by atoms with E-state index >= 15 is 0 Å². The lowest BCUT2D eigenvalue weighted by atomic mass is 10.0. The molecule has 1 amide bonds. The second kappa shape index (κ2) is 10.3. The minimum atomic E-state index is -0.593. The van der Waals surface area contributed by atoms with Gasteiger partial charge in [0.1, 0.15) is 16.6 Å². The van der Waals surface area contributed by atoms with Crippen LogP contribution in [0.1, 0.15) is 65.6 Å². The molecule has 0 aliphatic carbocycles. The molecule has 1 saturated heterocycles. The summed E-state index contributed by atoms with van der Waals surface area (Å²) >= 11 is 12.8. The van der Waals surface area contributed by atoms with Crippen molar-refractivity contribution in [3.63, 3.8) is 0 Å². The second-order valence-corrected chi connectivity index (χ2v) is 12.0. The van der Waals surface area contributed by atoms with Crippen LogP contribution < -0.4 is 10.6 Å². The number of nitrogens with zero attached hydrogens (tertiary/aromatic N) is 6. The van der Waals surface area contributed by atoms with Gasteiger partial charge in [-0.2, -0.15) is 4.98 Å². The average molecular weight is 562 g/mol. The third kappa shape index (κ3) is 5.31. The van der Waals surface area contributed by atoms with Crippen molar-refractivity contribution in [2.45, 2.75) is 79.0 Å². The molecule has 1 fully saturated rings. The van der Waals surface area contributed by atoms with Gasteiger partial charge < -0.3 is 14.5 Å². The third-order valence-corrected chi connectivity index (χ3v) is 7.17. The van der Waals surface area contributed by atoms with Crippen LogP contribution in [0.3, 0.4) is 0 Å². The lowest BCUT2D eigenvalue weighted by Crippen LogP contribution is -2.59. The number of fused-ring (bicyclic) bond motifs is 1. The van der Waals surface area contributed by atoms with Crippen molar-refractivity contribution < 1.29 is 9.53 Å². The quantitative estimate of drug-likeness (QED) is 0.376. The molecule has 1 aliphatic heterocycles.